The van der Waals surface area contributed by atoms with Crippen LogP contribution in [0.25, 0.3) is 0 Å². The summed E-state index contributed by atoms with van der Waals surface area (Å²) < 4.78 is 1.79. The van der Waals surface area contributed by atoms with Crippen LogP contribution in [0, 0.1) is 0 Å². The summed E-state index contributed by atoms with van der Waals surface area (Å²) in [6.07, 6.45) is 8.95. The van der Waals surface area contributed by atoms with Crippen molar-refractivity contribution in [1.29, 1.82) is 0 Å². The lowest BCUT2D eigenvalue weighted by molar-refractivity contribution is 0.0928. The van der Waals surface area contributed by atoms with Crippen molar-refractivity contribution in [2.24, 2.45) is 0 Å². The average Bonchev–Trinajstić information content (AvgIpc) is 2.66. The molecular formula is C13H21N5O. The smallest absolute Gasteiger partial charge is 0.273 e. The predicted octanol–water partition coefficient (Wildman–Crippen LogP) is 0.875. The summed E-state index contributed by atoms with van der Waals surface area (Å²) in [5, 5.41) is 14.3. The standard InChI is InChI=1S/C13H21N5O/c19-13(15-10-5-3-1-2-4-6-10)12-9-18(17-16-12)11-7-14-8-11/h9-11,14H,1-8H2,(H,15,19). The van der Waals surface area contributed by atoms with Crippen LogP contribution in [0.1, 0.15) is 55.1 Å². The molecule has 1 saturated heterocycles. The monoisotopic (exact) mass is 263 g/mol. The zero-order valence-corrected chi connectivity index (χ0v) is 11.1. The maximum absolute atomic E-state index is 12.1. The highest BCUT2D eigenvalue weighted by Crippen LogP contribution is 2.17. The predicted molar refractivity (Wildman–Crippen MR) is 70.9 cm³/mol. The number of aromatic nitrogens is 3. The lowest BCUT2D eigenvalue weighted by Gasteiger charge is -2.26. The van der Waals surface area contributed by atoms with E-state index in [0.717, 1.165) is 25.9 Å². The summed E-state index contributed by atoms with van der Waals surface area (Å²) in [5.74, 6) is -0.0783. The van der Waals surface area contributed by atoms with Crippen molar-refractivity contribution in [3.05, 3.63) is 11.9 Å². The molecule has 1 saturated carbocycles. The molecule has 1 aliphatic heterocycles. The van der Waals surface area contributed by atoms with Crippen molar-refractivity contribution in [1.82, 2.24) is 25.6 Å². The van der Waals surface area contributed by atoms with Gasteiger partial charge in [-0.2, -0.15) is 0 Å². The SMILES string of the molecule is O=C(NC1CCCCCC1)c1cn(C2CNC2)nn1. The summed E-state index contributed by atoms with van der Waals surface area (Å²) in [6, 6.07) is 0.664. The minimum Gasteiger partial charge on any atom is -0.348 e. The lowest BCUT2D eigenvalue weighted by Crippen LogP contribution is -2.43. The number of hydrogen-bond acceptors (Lipinski definition) is 4. The Morgan fingerprint density at radius 2 is 2.00 bits per heavy atom. The molecule has 104 valence electrons. The van der Waals surface area contributed by atoms with Gasteiger partial charge in [-0.1, -0.05) is 30.9 Å². The van der Waals surface area contributed by atoms with E-state index in [1.807, 2.05) is 0 Å². The van der Waals surface area contributed by atoms with Crippen LogP contribution in [0.3, 0.4) is 0 Å². The molecule has 0 bridgehead atoms. The van der Waals surface area contributed by atoms with Crippen LogP contribution in [-0.2, 0) is 0 Å². The molecule has 2 heterocycles. The van der Waals surface area contributed by atoms with Gasteiger partial charge in [0.1, 0.15) is 0 Å². The molecule has 1 aromatic rings. The highest BCUT2D eigenvalue weighted by molar-refractivity contribution is 5.92. The first-order chi connectivity index (χ1) is 9.33. The van der Waals surface area contributed by atoms with Gasteiger partial charge in [0.15, 0.2) is 5.69 Å². The summed E-state index contributed by atoms with van der Waals surface area (Å²) in [6.45, 7) is 1.82. The number of nitrogens with zero attached hydrogens (tertiary/aromatic N) is 3. The fourth-order valence-corrected chi connectivity index (χ4v) is 2.70. The fourth-order valence-electron chi connectivity index (χ4n) is 2.70. The maximum Gasteiger partial charge on any atom is 0.273 e. The minimum atomic E-state index is -0.0783. The topological polar surface area (TPSA) is 71.8 Å². The van der Waals surface area contributed by atoms with E-state index in [2.05, 4.69) is 20.9 Å². The van der Waals surface area contributed by atoms with Gasteiger partial charge in [-0.3, -0.25) is 4.79 Å². The second-order valence-electron chi connectivity index (χ2n) is 5.56. The van der Waals surface area contributed by atoms with Crippen molar-refractivity contribution in [2.45, 2.75) is 50.6 Å². The summed E-state index contributed by atoms with van der Waals surface area (Å²) in [4.78, 5) is 12.1. The van der Waals surface area contributed by atoms with E-state index in [9.17, 15) is 4.79 Å². The minimum absolute atomic E-state index is 0.0783. The van der Waals surface area contributed by atoms with Gasteiger partial charge in [-0.05, 0) is 12.8 Å². The van der Waals surface area contributed by atoms with Crippen LogP contribution >= 0.6 is 0 Å². The molecule has 0 aromatic carbocycles. The van der Waals surface area contributed by atoms with E-state index in [-0.39, 0.29) is 5.91 Å². The van der Waals surface area contributed by atoms with Crippen LogP contribution < -0.4 is 10.6 Å². The second kappa shape index (κ2) is 5.69. The lowest BCUT2D eigenvalue weighted by atomic mass is 10.1. The van der Waals surface area contributed by atoms with Crippen LogP contribution in [0.4, 0.5) is 0 Å². The molecule has 2 N–H and O–H groups in total. The van der Waals surface area contributed by atoms with E-state index in [1.165, 1.54) is 25.7 Å². The van der Waals surface area contributed by atoms with Crippen LogP contribution in [0.5, 0.6) is 0 Å². The molecular weight excluding hydrogens is 242 g/mol. The third-order valence-electron chi connectivity index (χ3n) is 4.07. The molecule has 1 aromatic heterocycles. The molecule has 19 heavy (non-hydrogen) atoms. The number of hydrogen-bond donors (Lipinski definition) is 2. The van der Waals surface area contributed by atoms with Crippen molar-refractivity contribution >= 4 is 5.91 Å². The highest BCUT2D eigenvalue weighted by Gasteiger charge is 2.22. The van der Waals surface area contributed by atoms with Gasteiger partial charge in [0.05, 0.1) is 12.2 Å². The summed E-state index contributed by atoms with van der Waals surface area (Å²) >= 11 is 0. The fraction of sp³-hybridized carbons (Fsp3) is 0.769. The molecule has 3 rings (SSSR count). The van der Waals surface area contributed by atoms with Gasteiger partial charge in [0.2, 0.25) is 0 Å². The summed E-state index contributed by atoms with van der Waals surface area (Å²) in [7, 11) is 0. The molecule has 6 nitrogen and oxygen atoms in total. The Kier molecular flexibility index (Phi) is 3.77. The van der Waals surface area contributed by atoms with Crippen molar-refractivity contribution in [3.8, 4) is 0 Å². The second-order valence-corrected chi connectivity index (χ2v) is 5.56. The number of amides is 1. The van der Waals surface area contributed by atoms with Crippen molar-refractivity contribution in [2.75, 3.05) is 13.1 Å². The number of nitrogens with one attached hydrogen (secondary N) is 2. The molecule has 6 heteroatoms. The van der Waals surface area contributed by atoms with E-state index in [1.54, 1.807) is 10.9 Å². The third kappa shape index (κ3) is 2.94. The maximum atomic E-state index is 12.1. The van der Waals surface area contributed by atoms with Gasteiger partial charge in [0, 0.05) is 19.1 Å². The van der Waals surface area contributed by atoms with Gasteiger partial charge in [-0.15, -0.1) is 5.10 Å². The average molecular weight is 263 g/mol. The first-order valence-corrected chi connectivity index (χ1v) is 7.26. The van der Waals surface area contributed by atoms with Crippen LogP contribution in [0.2, 0.25) is 0 Å². The molecule has 2 fully saturated rings. The molecule has 0 atom stereocenters. The highest BCUT2D eigenvalue weighted by atomic mass is 16.2. The van der Waals surface area contributed by atoms with Gasteiger partial charge in [-0.25, -0.2) is 4.68 Å². The molecule has 2 aliphatic rings. The van der Waals surface area contributed by atoms with Gasteiger partial charge < -0.3 is 10.6 Å². The largest absolute Gasteiger partial charge is 0.348 e. The molecule has 0 radical (unpaired) electrons. The molecule has 0 unspecified atom stereocenters. The zero-order valence-electron chi connectivity index (χ0n) is 11.1. The van der Waals surface area contributed by atoms with E-state index in [4.69, 9.17) is 0 Å². The number of rotatable bonds is 3. The first kappa shape index (κ1) is 12.6. The Bertz CT molecular complexity index is 432. The van der Waals surface area contributed by atoms with E-state index in [0.29, 0.717) is 17.8 Å². The Morgan fingerprint density at radius 3 is 2.63 bits per heavy atom. The van der Waals surface area contributed by atoms with E-state index < -0.39 is 0 Å². The Balaban J connectivity index is 1.58. The van der Waals surface area contributed by atoms with E-state index >= 15 is 0 Å². The number of carbonyl (C=O) groups excluding carboxylic acids is 1. The first-order valence-electron chi connectivity index (χ1n) is 7.26. The third-order valence-corrected chi connectivity index (χ3v) is 4.07. The Labute approximate surface area is 112 Å². The quantitative estimate of drug-likeness (QED) is 0.794. The Hall–Kier alpha value is -1.43. The van der Waals surface area contributed by atoms with Crippen molar-refractivity contribution < 1.29 is 4.79 Å². The summed E-state index contributed by atoms with van der Waals surface area (Å²) in [5.41, 5.74) is 0.441. The Morgan fingerprint density at radius 1 is 1.26 bits per heavy atom. The van der Waals surface area contributed by atoms with Crippen molar-refractivity contribution in [3.63, 3.8) is 0 Å². The molecule has 1 aliphatic carbocycles. The van der Waals surface area contributed by atoms with Crippen LogP contribution in [-0.4, -0.2) is 40.0 Å². The zero-order chi connectivity index (χ0) is 13.1. The van der Waals surface area contributed by atoms with Gasteiger partial charge in [0.25, 0.3) is 5.91 Å². The number of carbonyl (C=O) groups is 1. The normalized spacial score (nSPS) is 21.7. The van der Waals surface area contributed by atoms with Crippen LogP contribution in [0.15, 0.2) is 6.20 Å². The van der Waals surface area contributed by atoms with Gasteiger partial charge >= 0.3 is 0 Å². The molecule has 1 amide bonds. The molecule has 0 spiro atoms.